The van der Waals surface area contributed by atoms with Crippen molar-refractivity contribution in [1.82, 2.24) is 0 Å². The number of rotatable bonds is 7. The van der Waals surface area contributed by atoms with Crippen molar-refractivity contribution in [3.05, 3.63) is 23.8 Å². The van der Waals surface area contributed by atoms with Gasteiger partial charge >= 0.3 is 23.7 Å². The van der Waals surface area contributed by atoms with Crippen LogP contribution < -0.4 is 9.47 Å². The van der Waals surface area contributed by atoms with Crippen molar-refractivity contribution in [2.24, 2.45) is 0 Å². The van der Waals surface area contributed by atoms with E-state index in [1.54, 1.807) is 0 Å². The van der Waals surface area contributed by atoms with Crippen molar-refractivity contribution in [2.75, 3.05) is 14.2 Å². The number of aliphatic carboxylic acids is 1. The number of hydrogen-bond acceptors (Lipinski definition) is 4. The number of ether oxygens (including phenoxy) is 2. The number of ketones is 1. The average Bonchev–Trinajstić information content (AvgIpc) is 2.52. The minimum absolute atomic E-state index is 0.248. The minimum Gasteiger partial charge on any atom is -0.497 e. The third kappa shape index (κ3) is 2.97. The molecule has 0 heterocycles. The highest BCUT2D eigenvalue weighted by molar-refractivity contribution is 6.03. The van der Waals surface area contributed by atoms with Crippen molar-refractivity contribution < 1.29 is 50.5 Å². The summed E-state index contributed by atoms with van der Waals surface area (Å²) in [4.78, 5) is 21.8. The van der Waals surface area contributed by atoms with Gasteiger partial charge in [0.05, 0.1) is 14.2 Å². The molecule has 0 amide bonds. The lowest BCUT2D eigenvalue weighted by molar-refractivity contribution is -0.285. The van der Waals surface area contributed by atoms with Gasteiger partial charge in [0.1, 0.15) is 11.5 Å². The monoisotopic (exact) mass is 360 g/mol. The number of hydrogen-bond donors (Lipinski definition) is 1. The van der Waals surface area contributed by atoms with E-state index in [0.717, 1.165) is 20.3 Å². The molecule has 1 aromatic rings. The van der Waals surface area contributed by atoms with E-state index in [9.17, 15) is 35.9 Å². The van der Waals surface area contributed by atoms with Crippen LogP contribution in [0.15, 0.2) is 18.2 Å². The first-order valence-corrected chi connectivity index (χ1v) is 5.97. The SMILES string of the molecule is COc1cc(OC)cc(C(=O)C(F)(F)C(F)(F)C(F)(F)C(=O)O)c1. The molecule has 24 heavy (non-hydrogen) atoms. The maximum absolute atomic E-state index is 13.7. The number of carbonyl (C=O) groups is 2. The predicted molar refractivity (Wildman–Crippen MR) is 66.4 cm³/mol. The molecule has 0 saturated heterocycles. The first-order chi connectivity index (χ1) is 10.8. The third-order valence-corrected chi connectivity index (χ3v) is 2.96. The zero-order valence-corrected chi connectivity index (χ0v) is 12.1. The number of methoxy groups -OCH3 is 2. The standard InChI is InChI=1S/C13H10F6O5/c1-23-7-3-6(4-8(5-7)24-2)9(20)11(14,15)13(18,19)12(16,17)10(21)22/h3-5H,1-2H3,(H,21,22). The number of halogens is 6. The van der Waals surface area contributed by atoms with Crippen molar-refractivity contribution >= 4 is 11.8 Å². The van der Waals surface area contributed by atoms with Gasteiger partial charge < -0.3 is 14.6 Å². The van der Waals surface area contributed by atoms with Crippen LogP contribution >= 0.6 is 0 Å². The van der Waals surface area contributed by atoms with Gasteiger partial charge in [0.25, 0.3) is 0 Å². The second kappa shape index (κ2) is 6.21. The summed E-state index contributed by atoms with van der Waals surface area (Å²) >= 11 is 0. The quantitative estimate of drug-likeness (QED) is 0.598. The van der Waals surface area contributed by atoms with Crippen molar-refractivity contribution in [2.45, 2.75) is 17.8 Å². The summed E-state index contributed by atoms with van der Waals surface area (Å²) in [5.41, 5.74) is -1.13. The molecule has 0 aliphatic carbocycles. The fourth-order valence-electron chi connectivity index (χ4n) is 1.59. The number of carboxylic acid groups (broad SMARTS) is 1. The summed E-state index contributed by atoms with van der Waals surface area (Å²) in [5.74, 6) is -25.4. The van der Waals surface area contributed by atoms with Gasteiger partial charge in [-0.2, -0.15) is 26.3 Å². The lowest BCUT2D eigenvalue weighted by Gasteiger charge is -2.29. The van der Waals surface area contributed by atoms with Crippen LogP contribution in [-0.2, 0) is 4.79 Å². The first-order valence-electron chi connectivity index (χ1n) is 5.97. The van der Waals surface area contributed by atoms with E-state index in [2.05, 4.69) is 9.47 Å². The van der Waals surface area contributed by atoms with Crippen molar-refractivity contribution in [3.63, 3.8) is 0 Å². The highest BCUT2D eigenvalue weighted by atomic mass is 19.3. The Morgan fingerprint density at radius 1 is 0.875 bits per heavy atom. The highest BCUT2D eigenvalue weighted by Crippen LogP contribution is 2.47. The van der Waals surface area contributed by atoms with Gasteiger partial charge in [0.2, 0.25) is 5.78 Å². The van der Waals surface area contributed by atoms with Crippen LogP contribution in [0, 0.1) is 0 Å². The normalized spacial score (nSPS) is 12.7. The van der Waals surface area contributed by atoms with E-state index >= 15 is 0 Å². The van der Waals surface area contributed by atoms with Crippen LogP contribution in [0.1, 0.15) is 10.4 Å². The van der Waals surface area contributed by atoms with Crippen molar-refractivity contribution in [3.8, 4) is 11.5 Å². The lowest BCUT2D eigenvalue weighted by atomic mass is 9.96. The second-order valence-electron chi connectivity index (χ2n) is 4.46. The summed E-state index contributed by atoms with van der Waals surface area (Å²) < 4.78 is 89.3. The summed E-state index contributed by atoms with van der Waals surface area (Å²) in [5, 5.41) is 8.04. The van der Waals surface area contributed by atoms with E-state index in [-0.39, 0.29) is 11.5 Å². The smallest absolute Gasteiger partial charge is 0.411 e. The summed E-state index contributed by atoms with van der Waals surface area (Å²) in [7, 11) is 2.13. The van der Waals surface area contributed by atoms with Gasteiger partial charge in [0, 0.05) is 11.6 Å². The molecule has 0 saturated carbocycles. The Morgan fingerprint density at radius 2 is 1.29 bits per heavy atom. The Hall–Kier alpha value is -2.46. The number of carboxylic acids is 1. The molecule has 0 spiro atoms. The Bertz CT molecular complexity index is 636. The molecular weight excluding hydrogens is 350 g/mol. The largest absolute Gasteiger partial charge is 0.497 e. The van der Waals surface area contributed by atoms with Gasteiger partial charge in [-0.15, -0.1) is 0 Å². The van der Waals surface area contributed by atoms with Gasteiger partial charge in [-0.3, -0.25) is 4.79 Å². The van der Waals surface area contributed by atoms with Gasteiger partial charge in [0.15, 0.2) is 0 Å². The Labute approximate surface area is 130 Å². The Kier molecular flexibility index (Phi) is 5.07. The summed E-state index contributed by atoms with van der Waals surface area (Å²) in [6.45, 7) is 0. The molecular formula is C13H10F6O5. The minimum atomic E-state index is -6.47. The van der Waals surface area contributed by atoms with Crippen molar-refractivity contribution in [1.29, 1.82) is 0 Å². The van der Waals surface area contributed by atoms with Crippen LogP contribution in [0.2, 0.25) is 0 Å². The average molecular weight is 360 g/mol. The molecule has 134 valence electrons. The predicted octanol–water partition coefficient (Wildman–Crippen LogP) is 2.88. The molecule has 0 aliphatic rings. The van der Waals surface area contributed by atoms with Crippen LogP contribution in [0.3, 0.4) is 0 Å². The lowest BCUT2D eigenvalue weighted by Crippen LogP contribution is -2.60. The molecule has 0 aromatic heterocycles. The number of Topliss-reactive ketones (excluding diaryl/α,β-unsaturated/α-hetero) is 1. The molecule has 0 aliphatic heterocycles. The maximum Gasteiger partial charge on any atom is 0.411 e. The summed E-state index contributed by atoms with van der Waals surface area (Å²) in [6, 6.07) is 2.29. The van der Waals surface area contributed by atoms with E-state index < -0.39 is 35.1 Å². The molecule has 0 atom stereocenters. The fraction of sp³-hybridized carbons (Fsp3) is 0.385. The molecule has 0 fully saturated rings. The highest BCUT2D eigenvalue weighted by Gasteiger charge is 2.78. The Balaban J connectivity index is 3.43. The van der Waals surface area contributed by atoms with Gasteiger partial charge in [-0.05, 0) is 12.1 Å². The topological polar surface area (TPSA) is 72.8 Å². The van der Waals surface area contributed by atoms with Gasteiger partial charge in [-0.25, -0.2) is 4.79 Å². The molecule has 1 aromatic carbocycles. The van der Waals surface area contributed by atoms with E-state index in [1.165, 1.54) is 0 Å². The molecule has 1 N–H and O–H groups in total. The zero-order chi connectivity index (χ0) is 18.9. The first kappa shape index (κ1) is 19.6. The Morgan fingerprint density at radius 3 is 1.62 bits per heavy atom. The van der Waals surface area contributed by atoms with Crippen LogP contribution in [-0.4, -0.2) is 48.8 Å². The third-order valence-electron chi connectivity index (χ3n) is 2.96. The van der Waals surface area contributed by atoms with E-state index in [0.29, 0.717) is 12.1 Å². The molecule has 0 bridgehead atoms. The number of alkyl halides is 6. The van der Waals surface area contributed by atoms with Crippen LogP contribution in [0.25, 0.3) is 0 Å². The van der Waals surface area contributed by atoms with Gasteiger partial charge in [-0.1, -0.05) is 0 Å². The van der Waals surface area contributed by atoms with Crippen LogP contribution in [0.4, 0.5) is 26.3 Å². The molecule has 1 rings (SSSR count). The summed E-state index contributed by atoms with van der Waals surface area (Å²) in [6.07, 6.45) is 0. The maximum atomic E-state index is 13.7. The van der Waals surface area contributed by atoms with E-state index in [4.69, 9.17) is 5.11 Å². The molecule has 5 nitrogen and oxygen atoms in total. The molecule has 0 unspecified atom stereocenters. The molecule has 0 radical (unpaired) electrons. The number of carbonyl (C=O) groups excluding carboxylic acids is 1. The number of benzene rings is 1. The fourth-order valence-corrected chi connectivity index (χ4v) is 1.59. The van der Waals surface area contributed by atoms with E-state index in [1.807, 2.05) is 0 Å². The zero-order valence-electron chi connectivity index (χ0n) is 12.1. The second-order valence-corrected chi connectivity index (χ2v) is 4.46. The van der Waals surface area contributed by atoms with Crippen LogP contribution in [0.5, 0.6) is 11.5 Å². The molecule has 11 heteroatoms.